The van der Waals surface area contributed by atoms with Gasteiger partial charge in [-0.1, -0.05) is 24.6 Å². The molecule has 1 aromatic heterocycles. The number of hydrogen-bond acceptors (Lipinski definition) is 4. The first kappa shape index (κ1) is 14.6. The van der Waals surface area contributed by atoms with Crippen LogP contribution in [0, 0.1) is 0 Å². The second kappa shape index (κ2) is 6.57. The Balaban J connectivity index is 2.59. The molecule has 0 atom stereocenters. The molecule has 1 N–H and O–H groups in total. The third-order valence-electron chi connectivity index (χ3n) is 2.92. The minimum Gasteiger partial charge on any atom is -0.496 e. The fourth-order valence-electron chi connectivity index (χ4n) is 1.95. The maximum Gasteiger partial charge on any atom is 0.167 e. The number of nitrogens with one attached hydrogen (secondary N) is 1. The molecule has 2 aromatic rings. The molecule has 1 heterocycles. The normalized spacial score (nSPS) is 10.4. The van der Waals surface area contributed by atoms with E-state index in [-0.39, 0.29) is 0 Å². The van der Waals surface area contributed by atoms with E-state index in [9.17, 15) is 0 Å². The zero-order chi connectivity index (χ0) is 14.5. The number of rotatable bonds is 5. The van der Waals surface area contributed by atoms with Crippen LogP contribution in [0.1, 0.15) is 19.5 Å². The van der Waals surface area contributed by atoms with E-state index in [2.05, 4.69) is 22.2 Å². The first-order chi connectivity index (χ1) is 9.69. The summed E-state index contributed by atoms with van der Waals surface area (Å²) in [5, 5.41) is 3.80. The van der Waals surface area contributed by atoms with Crippen molar-refractivity contribution in [1.29, 1.82) is 0 Å². The first-order valence-electron chi connectivity index (χ1n) is 6.64. The van der Waals surface area contributed by atoms with E-state index in [1.165, 1.54) is 0 Å². The summed E-state index contributed by atoms with van der Waals surface area (Å²) in [4.78, 5) is 9.08. The fourth-order valence-corrected chi connectivity index (χ4v) is 2.20. The van der Waals surface area contributed by atoms with Crippen molar-refractivity contribution in [2.24, 2.45) is 0 Å². The van der Waals surface area contributed by atoms with Gasteiger partial charge < -0.3 is 10.1 Å². The van der Waals surface area contributed by atoms with Crippen LogP contribution in [0.4, 0.5) is 5.82 Å². The van der Waals surface area contributed by atoms with Gasteiger partial charge in [0.1, 0.15) is 11.6 Å². The summed E-state index contributed by atoms with van der Waals surface area (Å²) in [5.74, 6) is 2.06. The van der Waals surface area contributed by atoms with Crippen LogP contribution >= 0.6 is 11.6 Å². The lowest BCUT2D eigenvalue weighted by molar-refractivity contribution is 0.416. The van der Waals surface area contributed by atoms with Gasteiger partial charge in [0.25, 0.3) is 0 Å². The topological polar surface area (TPSA) is 47.0 Å². The molecule has 0 radical (unpaired) electrons. The lowest BCUT2D eigenvalue weighted by Crippen LogP contribution is -2.04. The van der Waals surface area contributed by atoms with Crippen LogP contribution in [0.25, 0.3) is 11.4 Å². The monoisotopic (exact) mass is 291 g/mol. The first-order valence-corrected chi connectivity index (χ1v) is 7.02. The van der Waals surface area contributed by atoms with E-state index in [4.69, 9.17) is 16.3 Å². The Hall–Kier alpha value is -1.81. The number of methoxy groups -OCH3 is 1. The van der Waals surface area contributed by atoms with Crippen molar-refractivity contribution in [2.45, 2.75) is 20.3 Å². The molecule has 0 fully saturated rings. The van der Waals surface area contributed by atoms with Crippen molar-refractivity contribution < 1.29 is 4.74 Å². The Morgan fingerprint density at radius 1 is 1.25 bits per heavy atom. The highest BCUT2D eigenvalue weighted by Crippen LogP contribution is 2.34. The van der Waals surface area contributed by atoms with Gasteiger partial charge in [-0.3, -0.25) is 0 Å². The lowest BCUT2D eigenvalue weighted by Gasteiger charge is -2.12. The predicted octanol–water partition coefficient (Wildman–Crippen LogP) is 3.80. The van der Waals surface area contributed by atoms with Crippen molar-refractivity contribution in [3.8, 4) is 17.1 Å². The molecule has 4 nitrogen and oxygen atoms in total. The summed E-state index contributed by atoms with van der Waals surface area (Å²) < 4.78 is 5.37. The third kappa shape index (κ3) is 3.02. The zero-order valence-electron chi connectivity index (χ0n) is 11.9. The molecule has 1 aromatic carbocycles. The SMILES string of the molecule is CCNc1cc(CC)nc(-c2c(Cl)cccc2OC)n1. The number of anilines is 1. The average molecular weight is 292 g/mol. The van der Waals surface area contributed by atoms with E-state index in [1.54, 1.807) is 7.11 Å². The molecule has 0 unspecified atom stereocenters. The van der Waals surface area contributed by atoms with Gasteiger partial charge in [0.05, 0.1) is 17.7 Å². The minimum atomic E-state index is 0.583. The van der Waals surface area contributed by atoms with Crippen molar-refractivity contribution >= 4 is 17.4 Å². The van der Waals surface area contributed by atoms with E-state index in [0.29, 0.717) is 16.6 Å². The number of aryl methyl sites for hydroxylation is 1. The summed E-state index contributed by atoms with van der Waals surface area (Å²) in [6.07, 6.45) is 0.834. The second-order valence-corrected chi connectivity index (χ2v) is 4.68. The zero-order valence-corrected chi connectivity index (χ0v) is 12.7. The standard InChI is InChI=1S/C15H18ClN3O/c1-4-10-9-13(17-5-2)19-15(18-10)14-11(16)7-6-8-12(14)20-3/h6-9H,4-5H2,1-3H3,(H,17,18,19). The summed E-state index contributed by atoms with van der Waals surface area (Å²) in [7, 11) is 1.62. The van der Waals surface area contributed by atoms with Gasteiger partial charge in [0.2, 0.25) is 0 Å². The maximum absolute atomic E-state index is 6.29. The van der Waals surface area contributed by atoms with Crippen LogP contribution < -0.4 is 10.1 Å². The number of nitrogens with zero attached hydrogens (tertiary/aromatic N) is 2. The quantitative estimate of drug-likeness (QED) is 0.910. The Bertz CT molecular complexity index is 602. The largest absolute Gasteiger partial charge is 0.496 e. The van der Waals surface area contributed by atoms with Crippen LogP contribution in [0.3, 0.4) is 0 Å². The summed E-state index contributed by atoms with van der Waals surface area (Å²) in [6, 6.07) is 7.47. The fraction of sp³-hybridized carbons (Fsp3) is 0.333. The maximum atomic E-state index is 6.29. The van der Waals surface area contributed by atoms with Crippen LogP contribution in [0.15, 0.2) is 24.3 Å². The predicted molar refractivity (Wildman–Crippen MR) is 82.6 cm³/mol. The lowest BCUT2D eigenvalue weighted by atomic mass is 10.1. The molecular formula is C15H18ClN3O. The third-order valence-corrected chi connectivity index (χ3v) is 3.23. The van der Waals surface area contributed by atoms with Crippen molar-refractivity contribution in [3.63, 3.8) is 0 Å². The van der Waals surface area contributed by atoms with Gasteiger partial charge in [-0.05, 0) is 25.5 Å². The molecule has 0 aliphatic heterocycles. The van der Waals surface area contributed by atoms with Gasteiger partial charge in [0, 0.05) is 18.3 Å². The average Bonchev–Trinajstić information content (AvgIpc) is 2.46. The number of benzene rings is 1. The molecule has 0 amide bonds. The summed E-state index contributed by atoms with van der Waals surface area (Å²) in [5.41, 5.74) is 1.69. The number of halogens is 1. The molecule has 0 saturated carbocycles. The number of aromatic nitrogens is 2. The van der Waals surface area contributed by atoms with Gasteiger partial charge in [-0.15, -0.1) is 0 Å². The highest BCUT2D eigenvalue weighted by molar-refractivity contribution is 6.33. The molecule has 0 spiro atoms. The smallest absolute Gasteiger partial charge is 0.167 e. The Morgan fingerprint density at radius 2 is 2.05 bits per heavy atom. The molecule has 20 heavy (non-hydrogen) atoms. The van der Waals surface area contributed by atoms with E-state index in [0.717, 1.165) is 30.0 Å². The molecule has 0 bridgehead atoms. The van der Waals surface area contributed by atoms with Gasteiger partial charge >= 0.3 is 0 Å². The Kier molecular flexibility index (Phi) is 4.79. The van der Waals surface area contributed by atoms with E-state index in [1.807, 2.05) is 31.2 Å². The van der Waals surface area contributed by atoms with Crippen molar-refractivity contribution in [1.82, 2.24) is 9.97 Å². The second-order valence-electron chi connectivity index (χ2n) is 4.27. The van der Waals surface area contributed by atoms with Crippen LogP contribution in [0.2, 0.25) is 5.02 Å². The molecule has 5 heteroatoms. The van der Waals surface area contributed by atoms with Crippen LogP contribution in [0.5, 0.6) is 5.75 Å². The highest BCUT2D eigenvalue weighted by atomic mass is 35.5. The summed E-state index contributed by atoms with van der Waals surface area (Å²) in [6.45, 7) is 4.90. The van der Waals surface area contributed by atoms with Crippen molar-refractivity contribution in [2.75, 3.05) is 19.0 Å². The van der Waals surface area contributed by atoms with E-state index < -0.39 is 0 Å². The highest BCUT2D eigenvalue weighted by Gasteiger charge is 2.14. The molecule has 0 aliphatic rings. The van der Waals surface area contributed by atoms with Crippen molar-refractivity contribution in [3.05, 3.63) is 35.0 Å². The van der Waals surface area contributed by atoms with Crippen LogP contribution in [-0.2, 0) is 6.42 Å². The van der Waals surface area contributed by atoms with E-state index >= 15 is 0 Å². The Morgan fingerprint density at radius 3 is 2.70 bits per heavy atom. The summed E-state index contributed by atoms with van der Waals surface area (Å²) >= 11 is 6.29. The van der Waals surface area contributed by atoms with Gasteiger partial charge in [-0.2, -0.15) is 0 Å². The van der Waals surface area contributed by atoms with Gasteiger partial charge in [-0.25, -0.2) is 9.97 Å². The molecular weight excluding hydrogens is 274 g/mol. The molecule has 2 rings (SSSR count). The molecule has 0 aliphatic carbocycles. The molecule has 0 saturated heterocycles. The minimum absolute atomic E-state index is 0.583. The van der Waals surface area contributed by atoms with Gasteiger partial charge in [0.15, 0.2) is 5.82 Å². The Labute approximate surface area is 124 Å². The number of ether oxygens (including phenoxy) is 1. The molecule has 106 valence electrons. The number of hydrogen-bond donors (Lipinski definition) is 1. The van der Waals surface area contributed by atoms with Crippen LogP contribution in [-0.4, -0.2) is 23.6 Å².